The third-order valence-electron chi connectivity index (χ3n) is 7.93. The number of nitrogens with zero attached hydrogens (tertiary/aromatic N) is 2. The third-order valence-corrected chi connectivity index (χ3v) is 8.92. The fourth-order valence-corrected chi connectivity index (χ4v) is 6.51. The summed E-state index contributed by atoms with van der Waals surface area (Å²) in [5.41, 5.74) is 4.53. The number of hydrogen-bond donors (Lipinski definition) is 1. The quantitative estimate of drug-likeness (QED) is 0.183. The zero-order valence-electron chi connectivity index (χ0n) is 26.9. The first-order valence-corrected chi connectivity index (χ1v) is 16.4. The molecule has 0 saturated heterocycles. The van der Waals surface area contributed by atoms with Crippen molar-refractivity contribution in [2.45, 2.75) is 39.2 Å². The summed E-state index contributed by atoms with van der Waals surface area (Å²) in [6, 6.07) is 34.0. The molecule has 0 aliphatic carbocycles. The summed E-state index contributed by atoms with van der Waals surface area (Å²) in [4.78, 5) is 32.9. The number of amides is 1. The van der Waals surface area contributed by atoms with Crippen LogP contribution in [0.15, 0.2) is 130 Å². The highest BCUT2D eigenvalue weighted by Gasteiger charge is 2.32. The smallest absolute Gasteiger partial charge is 0.271 e. The van der Waals surface area contributed by atoms with Crippen LogP contribution in [0.1, 0.15) is 50.4 Å². The Labute approximate surface area is 278 Å². The van der Waals surface area contributed by atoms with E-state index < -0.39 is 6.04 Å². The average Bonchev–Trinajstić information content (AvgIpc) is 3.37. The molecule has 6 rings (SSSR count). The van der Waals surface area contributed by atoms with Crippen molar-refractivity contribution in [3.63, 3.8) is 0 Å². The van der Waals surface area contributed by atoms with Crippen LogP contribution >= 0.6 is 11.3 Å². The van der Waals surface area contributed by atoms with E-state index in [2.05, 4.69) is 38.2 Å². The maximum absolute atomic E-state index is 13.9. The molecule has 1 aliphatic rings. The number of ether oxygens (including phenoxy) is 2. The molecule has 1 atom stereocenters. The fraction of sp³-hybridized carbons (Fsp3) is 0.205. The van der Waals surface area contributed by atoms with E-state index in [1.165, 1.54) is 16.9 Å². The van der Waals surface area contributed by atoms with Crippen LogP contribution in [0.25, 0.3) is 6.08 Å². The zero-order valence-corrected chi connectivity index (χ0v) is 27.7. The van der Waals surface area contributed by atoms with Crippen LogP contribution in [0, 0.1) is 0 Å². The lowest BCUT2D eigenvalue weighted by Gasteiger charge is -2.25. The van der Waals surface area contributed by atoms with Gasteiger partial charge in [-0.25, -0.2) is 4.99 Å². The van der Waals surface area contributed by atoms with E-state index in [0.717, 1.165) is 16.9 Å². The number of thiazole rings is 1. The lowest BCUT2D eigenvalue weighted by atomic mass is 9.87. The monoisotopic (exact) mass is 643 g/mol. The molecule has 0 fully saturated rings. The molecular weight excluding hydrogens is 607 g/mol. The Bertz CT molecular complexity index is 2070. The minimum atomic E-state index is -0.618. The number of fused-ring (bicyclic) bond motifs is 1. The Morgan fingerprint density at radius 2 is 1.43 bits per heavy atom. The molecule has 238 valence electrons. The van der Waals surface area contributed by atoms with Crippen LogP contribution in [-0.4, -0.2) is 23.7 Å². The second-order valence-electron chi connectivity index (χ2n) is 12.4. The van der Waals surface area contributed by atoms with Gasteiger partial charge in [0, 0.05) is 5.69 Å². The van der Waals surface area contributed by atoms with Crippen molar-refractivity contribution >= 4 is 29.0 Å². The van der Waals surface area contributed by atoms with Crippen molar-refractivity contribution in [1.82, 2.24) is 4.57 Å². The molecule has 7 nitrogen and oxygen atoms in total. The van der Waals surface area contributed by atoms with Gasteiger partial charge in [0.1, 0.15) is 24.7 Å². The summed E-state index contributed by atoms with van der Waals surface area (Å²) < 4.78 is 13.9. The van der Waals surface area contributed by atoms with Crippen molar-refractivity contribution in [2.75, 3.05) is 18.5 Å². The SMILES string of the molecule is CC1=C(C(=O)Nc2ccccc2)[C@H](c2ccccc2)n2c(s/c(=C\c3ccc(OCCOc4ccc(C(C)(C)C)cc4)cc3)c2=O)=N1. The van der Waals surface area contributed by atoms with Crippen LogP contribution in [0.2, 0.25) is 0 Å². The predicted molar refractivity (Wildman–Crippen MR) is 188 cm³/mol. The van der Waals surface area contributed by atoms with Gasteiger partial charge in [0.15, 0.2) is 4.80 Å². The lowest BCUT2D eigenvalue weighted by Crippen LogP contribution is -2.40. The molecule has 4 aromatic carbocycles. The van der Waals surface area contributed by atoms with Crippen molar-refractivity contribution in [3.8, 4) is 11.5 Å². The van der Waals surface area contributed by atoms with E-state index in [9.17, 15) is 9.59 Å². The van der Waals surface area contributed by atoms with Gasteiger partial charge in [-0.2, -0.15) is 0 Å². The average molecular weight is 644 g/mol. The van der Waals surface area contributed by atoms with Crippen LogP contribution in [0.3, 0.4) is 0 Å². The maximum atomic E-state index is 13.9. The number of carbonyl (C=O) groups excluding carboxylic acids is 1. The second-order valence-corrected chi connectivity index (χ2v) is 13.4. The molecule has 0 bridgehead atoms. The van der Waals surface area contributed by atoms with Gasteiger partial charge in [0.25, 0.3) is 11.5 Å². The van der Waals surface area contributed by atoms with E-state index in [1.807, 2.05) is 110 Å². The normalized spacial score (nSPS) is 14.7. The van der Waals surface area contributed by atoms with E-state index in [-0.39, 0.29) is 16.9 Å². The Hall–Kier alpha value is -5.21. The minimum Gasteiger partial charge on any atom is -0.490 e. The number of allylic oxidation sites excluding steroid dienone is 1. The highest BCUT2D eigenvalue weighted by molar-refractivity contribution is 7.07. The summed E-state index contributed by atoms with van der Waals surface area (Å²) >= 11 is 1.31. The molecule has 0 spiro atoms. The number of rotatable bonds is 9. The van der Waals surface area contributed by atoms with Crippen LogP contribution in [0.5, 0.6) is 11.5 Å². The van der Waals surface area contributed by atoms with E-state index >= 15 is 0 Å². The van der Waals surface area contributed by atoms with Crippen molar-refractivity contribution in [3.05, 3.63) is 157 Å². The Balaban J connectivity index is 1.19. The summed E-state index contributed by atoms with van der Waals surface area (Å²) in [6.45, 7) is 9.20. The first-order valence-electron chi connectivity index (χ1n) is 15.6. The fourth-order valence-electron chi connectivity index (χ4n) is 5.46. The first kappa shape index (κ1) is 31.8. The van der Waals surface area contributed by atoms with Gasteiger partial charge < -0.3 is 14.8 Å². The highest BCUT2D eigenvalue weighted by atomic mass is 32.1. The third kappa shape index (κ3) is 7.28. The molecule has 1 N–H and O–H groups in total. The maximum Gasteiger partial charge on any atom is 0.271 e. The number of carbonyl (C=O) groups is 1. The molecule has 0 unspecified atom stereocenters. The topological polar surface area (TPSA) is 81.9 Å². The zero-order chi connectivity index (χ0) is 33.0. The van der Waals surface area contributed by atoms with Gasteiger partial charge in [-0.1, -0.05) is 105 Å². The summed E-state index contributed by atoms with van der Waals surface area (Å²) in [6.07, 6.45) is 1.85. The summed E-state index contributed by atoms with van der Waals surface area (Å²) in [5, 5.41) is 2.98. The molecule has 0 radical (unpaired) electrons. The van der Waals surface area contributed by atoms with Crippen molar-refractivity contribution in [2.24, 2.45) is 4.99 Å². The molecule has 1 aromatic heterocycles. The first-order chi connectivity index (χ1) is 22.7. The molecule has 1 aliphatic heterocycles. The number of nitrogens with one attached hydrogen (secondary N) is 1. The predicted octanol–water partition coefficient (Wildman–Crippen LogP) is 6.63. The van der Waals surface area contributed by atoms with Gasteiger partial charge in [0.05, 0.1) is 21.8 Å². The van der Waals surface area contributed by atoms with Gasteiger partial charge in [0.2, 0.25) is 0 Å². The highest BCUT2D eigenvalue weighted by Crippen LogP contribution is 2.31. The number of aromatic nitrogens is 1. The van der Waals surface area contributed by atoms with Gasteiger partial charge in [-0.3, -0.25) is 14.2 Å². The number of para-hydroxylation sites is 1. The van der Waals surface area contributed by atoms with E-state index in [1.54, 1.807) is 4.57 Å². The van der Waals surface area contributed by atoms with Crippen molar-refractivity contribution < 1.29 is 14.3 Å². The van der Waals surface area contributed by atoms with Gasteiger partial charge in [-0.15, -0.1) is 0 Å². The van der Waals surface area contributed by atoms with Crippen molar-refractivity contribution in [1.29, 1.82) is 0 Å². The molecule has 5 aromatic rings. The Kier molecular flexibility index (Phi) is 9.22. The number of benzene rings is 4. The van der Waals surface area contributed by atoms with Crippen LogP contribution < -0.4 is 29.7 Å². The van der Waals surface area contributed by atoms with Crippen LogP contribution in [-0.2, 0) is 10.2 Å². The van der Waals surface area contributed by atoms with E-state index in [4.69, 9.17) is 14.5 Å². The standard InChI is InChI=1S/C39H37N3O4S/c1-26-34(36(43)41-30-13-9-6-10-14-30)35(28-11-7-5-8-12-28)42-37(44)33(47-38(42)40-26)25-27-15-19-31(20-16-27)45-23-24-46-32-21-17-29(18-22-32)39(2,3)4/h5-22,25,35H,23-24H2,1-4H3,(H,41,43)/b33-25-/t35-/m0/s1. The molecule has 2 heterocycles. The Morgan fingerprint density at radius 1 is 0.851 bits per heavy atom. The summed E-state index contributed by atoms with van der Waals surface area (Å²) in [5.74, 6) is 1.23. The van der Waals surface area contributed by atoms with Crippen LogP contribution in [0.4, 0.5) is 5.69 Å². The minimum absolute atomic E-state index is 0.0999. The molecule has 0 saturated carbocycles. The lowest BCUT2D eigenvalue weighted by molar-refractivity contribution is -0.113. The molecule has 47 heavy (non-hydrogen) atoms. The Morgan fingerprint density at radius 3 is 2.02 bits per heavy atom. The summed E-state index contributed by atoms with van der Waals surface area (Å²) in [7, 11) is 0. The van der Waals surface area contributed by atoms with E-state index in [0.29, 0.717) is 45.3 Å². The largest absolute Gasteiger partial charge is 0.490 e. The van der Waals surface area contributed by atoms with Gasteiger partial charge >= 0.3 is 0 Å². The second kappa shape index (κ2) is 13.6. The number of hydrogen-bond acceptors (Lipinski definition) is 6. The molecule has 8 heteroatoms. The van der Waals surface area contributed by atoms with Gasteiger partial charge in [-0.05, 0) is 71.5 Å². The number of anilines is 1. The molecule has 1 amide bonds. The molecular formula is C39H37N3O4S.